The smallest absolute Gasteiger partial charge is 0.259 e. The van der Waals surface area contributed by atoms with Crippen molar-refractivity contribution in [3.8, 4) is 0 Å². The summed E-state index contributed by atoms with van der Waals surface area (Å²) in [6.45, 7) is 6.17. The number of hydrogen-bond donors (Lipinski definition) is 1. The SMILES string of the molecule is CCCNC1CCN(C(=O)c2c(F)cccc2F)CC1C. The predicted octanol–water partition coefficient (Wildman–Crippen LogP) is 2.82. The minimum Gasteiger partial charge on any atom is -0.338 e. The zero-order valence-electron chi connectivity index (χ0n) is 12.5. The molecule has 2 rings (SSSR count). The molecule has 21 heavy (non-hydrogen) atoms. The lowest BCUT2D eigenvalue weighted by Crippen LogP contribution is -2.50. The van der Waals surface area contributed by atoms with Gasteiger partial charge in [-0.15, -0.1) is 0 Å². The van der Waals surface area contributed by atoms with E-state index in [9.17, 15) is 13.6 Å². The van der Waals surface area contributed by atoms with Crippen LogP contribution < -0.4 is 5.32 Å². The van der Waals surface area contributed by atoms with E-state index in [0.717, 1.165) is 31.5 Å². The Morgan fingerprint density at radius 2 is 2.05 bits per heavy atom. The monoisotopic (exact) mass is 296 g/mol. The van der Waals surface area contributed by atoms with E-state index in [1.165, 1.54) is 6.07 Å². The summed E-state index contributed by atoms with van der Waals surface area (Å²) >= 11 is 0. The highest BCUT2D eigenvalue weighted by atomic mass is 19.1. The molecule has 0 saturated carbocycles. The van der Waals surface area contributed by atoms with Crippen LogP contribution in [-0.4, -0.2) is 36.5 Å². The number of amides is 1. The minimum atomic E-state index is -0.793. The summed E-state index contributed by atoms with van der Waals surface area (Å²) in [5, 5.41) is 3.46. The summed E-state index contributed by atoms with van der Waals surface area (Å²) in [6.07, 6.45) is 1.87. The number of nitrogens with one attached hydrogen (secondary N) is 1. The zero-order chi connectivity index (χ0) is 15.4. The Morgan fingerprint density at radius 3 is 2.62 bits per heavy atom. The molecule has 3 nitrogen and oxygen atoms in total. The molecule has 0 bridgehead atoms. The van der Waals surface area contributed by atoms with Crippen LogP contribution in [0.25, 0.3) is 0 Å². The fourth-order valence-electron chi connectivity index (χ4n) is 2.82. The fraction of sp³-hybridized carbons (Fsp3) is 0.562. The summed E-state index contributed by atoms with van der Waals surface area (Å²) < 4.78 is 27.4. The first kappa shape index (κ1) is 15.9. The number of hydrogen-bond acceptors (Lipinski definition) is 2. The quantitative estimate of drug-likeness (QED) is 0.926. The highest BCUT2D eigenvalue weighted by Gasteiger charge is 2.30. The zero-order valence-corrected chi connectivity index (χ0v) is 12.5. The Hall–Kier alpha value is -1.49. The van der Waals surface area contributed by atoms with Gasteiger partial charge in [0.2, 0.25) is 0 Å². The van der Waals surface area contributed by atoms with Gasteiger partial charge in [0, 0.05) is 19.1 Å². The van der Waals surface area contributed by atoms with Gasteiger partial charge < -0.3 is 10.2 Å². The van der Waals surface area contributed by atoms with Crippen LogP contribution in [0.5, 0.6) is 0 Å². The van der Waals surface area contributed by atoms with Crippen molar-refractivity contribution in [2.45, 2.75) is 32.7 Å². The van der Waals surface area contributed by atoms with Gasteiger partial charge >= 0.3 is 0 Å². The van der Waals surface area contributed by atoms with Crippen molar-refractivity contribution in [2.24, 2.45) is 5.92 Å². The Balaban J connectivity index is 2.05. The van der Waals surface area contributed by atoms with Crippen LogP contribution in [0.4, 0.5) is 8.78 Å². The number of carbonyl (C=O) groups excluding carboxylic acids is 1. The van der Waals surface area contributed by atoms with E-state index in [-0.39, 0.29) is 5.92 Å². The first-order chi connectivity index (χ1) is 10.0. The van der Waals surface area contributed by atoms with Crippen LogP contribution in [0.2, 0.25) is 0 Å². The maximum absolute atomic E-state index is 13.7. The largest absolute Gasteiger partial charge is 0.338 e. The maximum atomic E-state index is 13.7. The summed E-state index contributed by atoms with van der Waals surface area (Å²) in [5.74, 6) is -1.87. The highest BCUT2D eigenvalue weighted by Crippen LogP contribution is 2.21. The first-order valence-electron chi connectivity index (χ1n) is 7.51. The number of carbonyl (C=O) groups is 1. The molecule has 1 aliphatic rings. The molecule has 0 spiro atoms. The van der Waals surface area contributed by atoms with Gasteiger partial charge in [0.25, 0.3) is 5.91 Å². The average Bonchev–Trinajstić information content (AvgIpc) is 2.45. The molecule has 2 unspecified atom stereocenters. The van der Waals surface area contributed by atoms with Gasteiger partial charge in [-0.2, -0.15) is 0 Å². The van der Waals surface area contributed by atoms with Crippen molar-refractivity contribution in [1.82, 2.24) is 10.2 Å². The van der Waals surface area contributed by atoms with Crippen LogP contribution in [0, 0.1) is 17.6 Å². The molecule has 1 N–H and O–H groups in total. The van der Waals surface area contributed by atoms with Crippen molar-refractivity contribution in [3.63, 3.8) is 0 Å². The number of nitrogens with zero attached hydrogens (tertiary/aromatic N) is 1. The molecule has 1 aromatic carbocycles. The molecule has 1 fully saturated rings. The van der Waals surface area contributed by atoms with Crippen molar-refractivity contribution in [1.29, 1.82) is 0 Å². The highest BCUT2D eigenvalue weighted by molar-refractivity contribution is 5.94. The van der Waals surface area contributed by atoms with Crippen molar-refractivity contribution >= 4 is 5.91 Å². The van der Waals surface area contributed by atoms with Crippen LogP contribution >= 0.6 is 0 Å². The van der Waals surface area contributed by atoms with Gasteiger partial charge in [-0.1, -0.05) is 19.9 Å². The van der Waals surface area contributed by atoms with Gasteiger partial charge in [-0.25, -0.2) is 8.78 Å². The number of likely N-dealkylation sites (tertiary alicyclic amines) is 1. The normalized spacial score (nSPS) is 22.4. The molecule has 116 valence electrons. The van der Waals surface area contributed by atoms with Crippen molar-refractivity contribution < 1.29 is 13.6 Å². The first-order valence-corrected chi connectivity index (χ1v) is 7.51. The summed E-state index contributed by atoms with van der Waals surface area (Å²) in [6, 6.07) is 3.87. The molecule has 1 amide bonds. The summed E-state index contributed by atoms with van der Waals surface area (Å²) in [5.41, 5.74) is -0.440. The Morgan fingerprint density at radius 1 is 1.38 bits per heavy atom. The van der Waals surface area contributed by atoms with E-state index in [1.807, 2.05) is 0 Å². The number of benzene rings is 1. The van der Waals surface area contributed by atoms with Crippen LogP contribution in [0.3, 0.4) is 0 Å². The topological polar surface area (TPSA) is 32.3 Å². The third-order valence-corrected chi connectivity index (χ3v) is 4.03. The lowest BCUT2D eigenvalue weighted by atomic mass is 9.93. The molecule has 2 atom stereocenters. The molecule has 5 heteroatoms. The average molecular weight is 296 g/mol. The molecular formula is C16H22F2N2O. The lowest BCUT2D eigenvalue weighted by molar-refractivity contribution is 0.0635. The second-order valence-corrected chi connectivity index (χ2v) is 5.67. The summed E-state index contributed by atoms with van der Waals surface area (Å²) in [4.78, 5) is 13.9. The Labute approximate surface area is 124 Å². The number of halogens is 2. The Bertz CT molecular complexity index is 487. The van der Waals surface area contributed by atoms with Crippen molar-refractivity contribution in [2.75, 3.05) is 19.6 Å². The summed E-state index contributed by atoms with van der Waals surface area (Å²) in [7, 11) is 0. The van der Waals surface area contributed by atoms with E-state index in [2.05, 4.69) is 19.2 Å². The van der Waals surface area contributed by atoms with Gasteiger partial charge in [0.1, 0.15) is 17.2 Å². The van der Waals surface area contributed by atoms with E-state index < -0.39 is 23.1 Å². The van der Waals surface area contributed by atoms with Crippen molar-refractivity contribution in [3.05, 3.63) is 35.4 Å². The van der Waals surface area contributed by atoms with E-state index in [0.29, 0.717) is 19.1 Å². The van der Waals surface area contributed by atoms with Crippen LogP contribution in [0.15, 0.2) is 18.2 Å². The molecule has 1 saturated heterocycles. The Kier molecular flexibility index (Phi) is 5.28. The van der Waals surface area contributed by atoms with Gasteiger partial charge in [0.15, 0.2) is 0 Å². The standard InChI is InChI=1S/C16H22F2N2O/c1-3-8-19-14-7-9-20(10-11(14)2)16(21)15-12(17)5-4-6-13(15)18/h4-6,11,14,19H,3,7-10H2,1-2H3. The van der Waals surface area contributed by atoms with Crippen LogP contribution in [0.1, 0.15) is 37.0 Å². The third-order valence-electron chi connectivity index (χ3n) is 4.03. The molecule has 1 aliphatic heterocycles. The maximum Gasteiger partial charge on any atom is 0.259 e. The van der Waals surface area contributed by atoms with Gasteiger partial charge in [-0.05, 0) is 37.4 Å². The minimum absolute atomic E-state index is 0.268. The van der Waals surface area contributed by atoms with E-state index in [1.54, 1.807) is 4.90 Å². The molecular weight excluding hydrogens is 274 g/mol. The predicted molar refractivity (Wildman–Crippen MR) is 78.1 cm³/mol. The van der Waals surface area contributed by atoms with Gasteiger partial charge in [-0.3, -0.25) is 4.79 Å². The fourth-order valence-corrected chi connectivity index (χ4v) is 2.82. The lowest BCUT2D eigenvalue weighted by Gasteiger charge is -2.37. The van der Waals surface area contributed by atoms with E-state index in [4.69, 9.17) is 0 Å². The molecule has 1 aromatic rings. The second kappa shape index (κ2) is 6.98. The number of rotatable bonds is 4. The molecule has 1 heterocycles. The molecule has 0 aliphatic carbocycles. The third kappa shape index (κ3) is 3.59. The van der Waals surface area contributed by atoms with E-state index >= 15 is 0 Å². The molecule has 0 aromatic heterocycles. The number of piperidine rings is 1. The second-order valence-electron chi connectivity index (χ2n) is 5.67. The van der Waals surface area contributed by atoms with Crippen LogP contribution in [-0.2, 0) is 0 Å². The molecule has 0 radical (unpaired) electrons. The van der Waals surface area contributed by atoms with Gasteiger partial charge in [0.05, 0.1) is 0 Å².